The quantitative estimate of drug-likeness (QED) is 0.782. The molecule has 0 aromatic heterocycles. The first-order chi connectivity index (χ1) is 12.0. The van der Waals surface area contributed by atoms with Gasteiger partial charge < -0.3 is 15.4 Å². The third kappa shape index (κ3) is 5.64. The van der Waals surface area contributed by atoms with Crippen molar-refractivity contribution in [2.75, 3.05) is 10.6 Å². The molecule has 25 heavy (non-hydrogen) atoms. The molecular weight excluding hydrogens is 316 g/mol. The van der Waals surface area contributed by atoms with E-state index in [9.17, 15) is 9.59 Å². The number of amides is 2. The Kier molecular flexibility index (Phi) is 6.57. The third-order valence-corrected chi connectivity index (χ3v) is 3.73. The largest absolute Gasteiger partial charge is 0.491 e. The van der Waals surface area contributed by atoms with Gasteiger partial charge in [-0.2, -0.15) is 0 Å². The van der Waals surface area contributed by atoms with E-state index in [1.165, 1.54) is 0 Å². The van der Waals surface area contributed by atoms with Crippen molar-refractivity contribution in [3.63, 3.8) is 0 Å². The number of hydrogen-bond donors (Lipinski definition) is 2. The summed E-state index contributed by atoms with van der Waals surface area (Å²) in [5.41, 5.74) is 1.79. The zero-order valence-electron chi connectivity index (χ0n) is 14.8. The van der Waals surface area contributed by atoms with Crippen LogP contribution in [-0.2, 0) is 4.79 Å². The predicted octanol–water partition coefficient (Wildman–Crippen LogP) is 4.46. The lowest BCUT2D eigenvalue weighted by atomic mass is 10.2. The van der Waals surface area contributed by atoms with Crippen LogP contribution in [0.15, 0.2) is 48.5 Å². The molecule has 0 unspecified atom stereocenters. The van der Waals surface area contributed by atoms with Gasteiger partial charge in [0.1, 0.15) is 5.75 Å². The predicted molar refractivity (Wildman–Crippen MR) is 100 cm³/mol. The van der Waals surface area contributed by atoms with Gasteiger partial charge in [-0.15, -0.1) is 0 Å². The van der Waals surface area contributed by atoms with Crippen LogP contribution in [0.3, 0.4) is 0 Å². The summed E-state index contributed by atoms with van der Waals surface area (Å²) in [6.45, 7) is 5.82. The SMILES string of the molecule is CCC(=O)Nc1cccc(NC(=O)c2cccc(O[C@@H](C)CC)c2)c1. The molecule has 2 rings (SSSR count). The molecule has 0 fully saturated rings. The lowest BCUT2D eigenvalue weighted by Gasteiger charge is -2.13. The fraction of sp³-hybridized carbons (Fsp3) is 0.300. The first-order valence-corrected chi connectivity index (χ1v) is 8.49. The van der Waals surface area contributed by atoms with Gasteiger partial charge in [0.2, 0.25) is 5.91 Å². The number of anilines is 2. The smallest absolute Gasteiger partial charge is 0.255 e. The molecule has 0 aliphatic rings. The highest BCUT2D eigenvalue weighted by atomic mass is 16.5. The summed E-state index contributed by atoms with van der Waals surface area (Å²) in [5, 5.41) is 5.61. The molecule has 0 bridgehead atoms. The zero-order valence-corrected chi connectivity index (χ0v) is 14.8. The molecule has 1 atom stereocenters. The second-order valence-electron chi connectivity index (χ2n) is 5.80. The van der Waals surface area contributed by atoms with Crippen molar-refractivity contribution < 1.29 is 14.3 Å². The highest BCUT2D eigenvalue weighted by Gasteiger charge is 2.09. The standard InChI is InChI=1S/C20H24N2O3/c1-4-14(3)25-18-11-6-8-15(12-18)20(24)22-17-10-7-9-16(13-17)21-19(23)5-2/h6-14H,4-5H2,1-3H3,(H,21,23)(H,22,24)/t14-/m0/s1. The second-order valence-corrected chi connectivity index (χ2v) is 5.80. The maximum absolute atomic E-state index is 12.5. The molecule has 0 aliphatic carbocycles. The van der Waals surface area contributed by atoms with Gasteiger partial charge in [0, 0.05) is 23.4 Å². The zero-order chi connectivity index (χ0) is 18.2. The summed E-state index contributed by atoms with van der Waals surface area (Å²) >= 11 is 0. The van der Waals surface area contributed by atoms with Crippen molar-refractivity contribution in [1.82, 2.24) is 0 Å². The van der Waals surface area contributed by atoms with Crippen LogP contribution in [0, 0.1) is 0 Å². The molecule has 2 N–H and O–H groups in total. The van der Waals surface area contributed by atoms with Gasteiger partial charge >= 0.3 is 0 Å². The molecule has 2 aromatic rings. The van der Waals surface area contributed by atoms with Crippen LogP contribution in [0.4, 0.5) is 11.4 Å². The molecule has 5 heteroatoms. The maximum atomic E-state index is 12.5. The van der Waals surface area contributed by atoms with E-state index < -0.39 is 0 Å². The Morgan fingerprint density at radius 3 is 2.36 bits per heavy atom. The average molecular weight is 340 g/mol. The van der Waals surface area contributed by atoms with Crippen molar-refractivity contribution in [3.8, 4) is 5.75 Å². The first kappa shape index (κ1) is 18.5. The number of rotatable bonds is 7. The van der Waals surface area contributed by atoms with Gasteiger partial charge in [-0.05, 0) is 49.7 Å². The summed E-state index contributed by atoms with van der Waals surface area (Å²) < 4.78 is 5.75. The molecule has 0 saturated heterocycles. The van der Waals surface area contributed by atoms with E-state index in [0.29, 0.717) is 29.1 Å². The molecule has 0 saturated carbocycles. The molecule has 132 valence electrons. The monoisotopic (exact) mass is 340 g/mol. The van der Waals surface area contributed by atoms with Crippen LogP contribution in [0.2, 0.25) is 0 Å². The Bertz CT molecular complexity index is 743. The normalized spacial score (nSPS) is 11.5. The molecule has 0 radical (unpaired) electrons. The van der Waals surface area contributed by atoms with E-state index in [-0.39, 0.29) is 17.9 Å². The Labute approximate surface area is 148 Å². The Hall–Kier alpha value is -2.82. The number of nitrogens with one attached hydrogen (secondary N) is 2. The van der Waals surface area contributed by atoms with E-state index in [0.717, 1.165) is 6.42 Å². The van der Waals surface area contributed by atoms with Crippen LogP contribution in [0.5, 0.6) is 5.75 Å². The second kappa shape index (κ2) is 8.87. The Balaban J connectivity index is 2.08. The van der Waals surface area contributed by atoms with Crippen molar-refractivity contribution in [1.29, 1.82) is 0 Å². The van der Waals surface area contributed by atoms with Gasteiger partial charge in [0.05, 0.1) is 6.10 Å². The topological polar surface area (TPSA) is 67.4 Å². The first-order valence-electron chi connectivity index (χ1n) is 8.49. The fourth-order valence-electron chi connectivity index (χ4n) is 2.15. The number of carbonyl (C=O) groups excluding carboxylic acids is 2. The van der Waals surface area contributed by atoms with E-state index in [1.54, 1.807) is 49.4 Å². The lowest BCUT2D eigenvalue weighted by Crippen LogP contribution is -2.14. The van der Waals surface area contributed by atoms with Gasteiger partial charge in [0.25, 0.3) is 5.91 Å². The molecule has 0 aliphatic heterocycles. The Morgan fingerprint density at radius 1 is 1.00 bits per heavy atom. The van der Waals surface area contributed by atoms with Crippen LogP contribution in [0.1, 0.15) is 44.0 Å². The summed E-state index contributed by atoms with van der Waals surface area (Å²) in [4.78, 5) is 23.9. The van der Waals surface area contributed by atoms with Crippen LogP contribution < -0.4 is 15.4 Å². The molecule has 0 spiro atoms. The summed E-state index contributed by atoms with van der Waals surface area (Å²) in [6, 6.07) is 14.2. The van der Waals surface area contributed by atoms with Crippen molar-refractivity contribution in [2.24, 2.45) is 0 Å². The van der Waals surface area contributed by atoms with E-state index in [2.05, 4.69) is 10.6 Å². The molecule has 5 nitrogen and oxygen atoms in total. The van der Waals surface area contributed by atoms with Gasteiger partial charge in [-0.25, -0.2) is 0 Å². The maximum Gasteiger partial charge on any atom is 0.255 e. The minimum atomic E-state index is -0.228. The molecule has 2 amide bonds. The van der Waals surface area contributed by atoms with E-state index >= 15 is 0 Å². The third-order valence-electron chi connectivity index (χ3n) is 3.73. The van der Waals surface area contributed by atoms with Crippen molar-refractivity contribution in [2.45, 2.75) is 39.7 Å². The number of carbonyl (C=O) groups is 2. The Morgan fingerprint density at radius 2 is 1.68 bits per heavy atom. The van der Waals surface area contributed by atoms with Crippen molar-refractivity contribution in [3.05, 3.63) is 54.1 Å². The van der Waals surface area contributed by atoms with Gasteiger partial charge in [-0.1, -0.05) is 26.0 Å². The number of ether oxygens (including phenoxy) is 1. The summed E-state index contributed by atoms with van der Waals surface area (Å²) in [5.74, 6) is 0.373. The highest BCUT2D eigenvalue weighted by Crippen LogP contribution is 2.19. The van der Waals surface area contributed by atoms with Gasteiger partial charge in [-0.3, -0.25) is 9.59 Å². The molecular formula is C20H24N2O3. The van der Waals surface area contributed by atoms with Crippen molar-refractivity contribution >= 4 is 23.2 Å². The fourth-order valence-corrected chi connectivity index (χ4v) is 2.15. The van der Waals surface area contributed by atoms with Gasteiger partial charge in [0.15, 0.2) is 0 Å². The summed E-state index contributed by atoms with van der Waals surface area (Å²) in [6.07, 6.45) is 1.39. The van der Waals surface area contributed by atoms with Crippen LogP contribution in [0.25, 0.3) is 0 Å². The molecule has 0 heterocycles. The van der Waals surface area contributed by atoms with Crippen LogP contribution >= 0.6 is 0 Å². The molecule has 2 aromatic carbocycles. The average Bonchev–Trinajstić information content (AvgIpc) is 2.62. The lowest BCUT2D eigenvalue weighted by molar-refractivity contribution is -0.115. The van der Waals surface area contributed by atoms with E-state index in [1.807, 2.05) is 19.9 Å². The minimum Gasteiger partial charge on any atom is -0.491 e. The van der Waals surface area contributed by atoms with Crippen LogP contribution in [-0.4, -0.2) is 17.9 Å². The van der Waals surface area contributed by atoms with E-state index in [4.69, 9.17) is 4.74 Å². The summed E-state index contributed by atoms with van der Waals surface area (Å²) in [7, 11) is 0. The number of benzene rings is 2. The number of hydrogen-bond acceptors (Lipinski definition) is 3. The highest BCUT2D eigenvalue weighted by molar-refractivity contribution is 6.05. The minimum absolute atomic E-state index is 0.0710.